The molecule has 1 heterocycles. The second-order valence-corrected chi connectivity index (χ2v) is 17.5. The Labute approximate surface area is 327 Å². The molecule has 0 aliphatic carbocycles. The molecule has 0 aliphatic rings. The molecule has 298 valence electrons. The number of anilines is 4. The summed E-state index contributed by atoms with van der Waals surface area (Å²) in [6.07, 6.45) is 0. The fourth-order valence-corrected chi connectivity index (χ4v) is 8.84. The average Bonchev–Trinajstić information content (AvgIpc) is 3.09. The molecule has 0 atom stereocenters. The third-order valence-corrected chi connectivity index (χ3v) is 11.8. The fourth-order valence-electron chi connectivity index (χ4n) is 5.65. The van der Waals surface area contributed by atoms with Crippen molar-refractivity contribution in [2.45, 2.75) is 26.1 Å². The van der Waals surface area contributed by atoms with Gasteiger partial charge in [-0.25, -0.2) is 0 Å². The molecule has 5 aromatic carbocycles. The summed E-state index contributed by atoms with van der Waals surface area (Å²) in [5.74, 6) is -1.62. The van der Waals surface area contributed by atoms with Crippen LogP contribution in [0.2, 0.25) is 5.28 Å². The maximum absolute atomic E-state index is 12.8. The molecule has 0 saturated carbocycles. The van der Waals surface area contributed by atoms with Gasteiger partial charge in [-0.15, -0.1) is 10.2 Å². The third-order valence-electron chi connectivity index (χ3n) is 7.91. The summed E-state index contributed by atoms with van der Waals surface area (Å²) in [5, 5.41) is 24.6. The highest BCUT2D eigenvalue weighted by molar-refractivity contribution is 7.87. The maximum atomic E-state index is 12.8. The van der Waals surface area contributed by atoms with Crippen molar-refractivity contribution < 1.29 is 57.0 Å². The number of hydrogen-bond acceptors (Lipinski definition) is 17. The van der Waals surface area contributed by atoms with Crippen molar-refractivity contribution in [3.8, 4) is 5.75 Å². The predicted octanol–water partition coefficient (Wildman–Crippen LogP) is 5.15. The summed E-state index contributed by atoms with van der Waals surface area (Å²) in [4.78, 5) is 7.91. The van der Waals surface area contributed by atoms with Gasteiger partial charge < -0.3 is 21.1 Å². The zero-order chi connectivity index (χ0) is 41.7. The first-order valence-electron chi connectivity index (χ1n) is 15.5. The lowest BCUT2D eigenvalue weighted by molar-refractivity contribution is 0.471. The SMILES string of the molecule is CNCc1ccc(Nc2nc(Cl)nc(Nc3ccc4c(O)c(N=Nc5ccc6c(S(=O)(=O)O)cccc6c5S(=O)(=O)O)c(S(=O)(=O)O)cc4c3S(=O)(=O)O)n2)cc1. The minimum atomic E-state index is -5.46. The van der Waals surface area contributed by atoms with Crippen LogP contribution in [0.4, 0.5) is 34.6 Å². The first kappa shape index (κ1) is 41.2. The zero-order valence-electron chi connectivity index (χ0n) is 28.4. The number of halogens is 1. The van der Waals surface area contributed by atoms with E-state index in [4.69, 9.17) is 11.6 Å². The number of phenolic OH excluding ortho intramolecular Hbond substituents is 1. The standard InChI is InChI=1S/C31H25ClN8O13S4/c1-33-14-15-5-7-16(8-6-15)34-30-36-29(32)37-31(38-30)35-21-11-10-18-20(28(21)57(51,52)53)13-24(55(45,46)47)25(26(18)41)40-39-22-12-9-17-19(27(22)56(48,49)50)3-2-4-23(17)54(42,43)44/h2-13,33,41H,14H2,1H3,(H,42,43,44)(H,45,46,47)(H,48,49,50)(H,51,52,53)(H2,34,35,36,37,38). The smallest absolute Gasteiger partial charge is 0.297 e. The number of azo groups is 1. The van der Waals surface area contributed by atoms with Crippen LogP contribution >= 0.6 is 11.6 Å². The summed E-state index contributed by atoms with van der Waals surface area (Å²) < 4.78 is 140. The summed E-state index contributed by atoms with van der Waals surface area (Å²) in [7, 11) is -19.2. The van der Waals surface area contributed by atoms with Crippen LogP contribution in [0.3, 0.4) is 0 Å². The molecule has 6 aromatic rings. The number of rotatable bonds is 12. The van der Waals surface area contributed by atoms with Gasteiger partial charge in [-0.1, -0.05) is 30.3 Å². The highest BCUT2D eigenvalue weighted by atomic mass is 35.5. The number of hydrogen-bond donors (Lipinski definition) is 8. The number of nitrogens with zero attached hydrogens (tertiary/aromatic N) is 5. The van der Waals surface area contributed by atoms with Crippen molar-refractivity contribution in [2.75, 3.05) is 17.7 Å². The Balaban J connectivity index is 1.48. The molecule has 57 heavy (non-hydrogen) atoms. The van der Waals surface area contributed by atoms with Crippen LogP contribution in [0.5, 0.6) is 5.75 Å². The third kappa shape index (κ3) is 8.76. The van der Waals surface area contributed by atoms with E-state index in [9.17, 15) is 57.0 Å². The van der Waals surface area contributed by atoms with Crippen molar-refractivity contribution in [3.05, 3.63) is 83.6 Å². The number of nitrogens with one attached hydrogen (secondary N) is 3. The molecule has 0 aliphatic heterocycles. The molecule has 0 bridgehead atoms. The molecule has 8 N–H and O–H groups in total. The van der Waals surface area contributed by atoms with Gasteiger partial charge in [0.05, 0.1) is 5.69 Å². The Morgan fingerprint density at radius 3 is 1.84 bits per heavy atom. The van der Waals surface area contributed by atoms with E-state index in [1.165, 1.54) is 0 Å². The minimum Gasteiger partial charge on any atom is -0.505 e. The normalized spacial score (nSPS) is 12.7. The predicted molar refractivity (Wildman–Crippen MR) is 204 cm³/mol. The number of aromatic nitrogens is 3. The molecular formula is C31H25ClN8O13S4. The molecule has 0 spiro atoms. The molecular weight excluding hydrogens is 856 g/mol. The Morgan fingerprint density at radius 2 is 1.25 bits per heavy atom. The highest BCUT2D eigenvalue weighted by Crippen LogP contribution is 2.46. The van der Waals surface area contributed by atoms with E-state index in [1.54, 1.807) is 19.2 Å². The van der Waals surface area contributed by atoms with E-state index in [0.717, 1.165) is 48.0 Å². The van der Waals surface area contributed by atoms with Gasteiger partial charge >= 0.3 is 0 Å². The molecule has 0 amide bonds. The highest BCUT2D eigenvalue weighted by Gasteiger charge is 2.29. The lowest BCUT2D eigenvalue weighted by atomic mass is 10.1. The Morgan fingerprint density at radius 1 is 0.632 bits per heavy atom. The lowest BCUT2D eigenvalue weighted by Crippen LogP contribution is -2.09. The van der Waals surface area contributed by atoms with E-state index in [-0.39, 0.29) is 22.6 Å². The van der Waals surface area contributed by atoms with Crippen LogP contribution in [0.25, 0.3) is 21.5 Å². The lowest BCUT2D eigenvalue weighted by Gasteiger charge is -2.15. The van der Waals surface area contributed by atoms with Gasteiger partial charge in [-0.2, -0.15) is 48.6 Å². The monoisotopic (exact) mass is 880 g/mol. The van der Waals surface area contributed by atoms with Crippen molar-refractivity contribution in [3.63, 3.8) is 0 Å². The summed E-state index contributed by atoms with van der Waals surface area (Å²) >= 11 is 6.10. The summed E-state index contributed by atoms with van der Waals surface area (Å²) in [6.45, 7) is 0.608. The van der Waals surface area contributed by atoms with E-state index in [2.05, 4.69) is 41.1 Å². The molecule has 0 saturated heterocycles. The van der Waals surface area contributed by atoms with Crippen molar-refractivity contribution in [1.82, 2.24) is 20.3 Å². The number of aromatic hydroxyl groups is 1. The van der Waals surface area contributed by atoms with Gasteiger partial charge in [-0.3, -0.25) is 18.2 Å². The molecule has 0 fully saturated rings. The van der Waals surface area contributed by atoms with E-state index in [1.807, 2.05) is 12.1 Å². The molecule has 0 radical (unpaired) electrons. The zero-order valence-corrected chi connectivity index (χ0v) is 32.4. The number of fused-ring (bicyclic) bond motifs is 2. The molecule has 0 unspecified atom stereocenters. The molecule has 6 rings (SSSR count). The van der Waals surface area contributed by atoms with Gasteiger partial charge in [0.15, 0.2) is 5.75 Å². The minimum absolute atomic E-state index is 0.100. The first-order chi connectivity index (χ1) is 26.6. The second kappa shape index (κ2) is 15.1. The van der Waals surface area contributed by atoms with Crippen LogP contribution < -0.4 is 16.0 Å². The number of benzene rings is 5. The second-order valence-electron chi connectivity index (χ2n) is 11.7. The van der Waals surface area contributed by atoms with Crippen molar-refractivity contribution in [1.29, 1.82) is 0 Å². The van der Waals surface area contributed by atoms with Gasteiger partial charge in [0.25, 0.3) is 40.5 Å². The van der Waals surface area contributed by atoms with E-state index < -0.39 is 99.0 Å². The van der Waals surface area contributed by atoms with E-state index >= 15 is 0 Å². The molecule has 26 heteroatoms. The van der Waals surface area contributed by atoms with Crippen LogP contribution in [0, 0.1) is 0 Å². The number of phenols is 1. The Bertz CT molecular complexity index is 3120. The molecule has 21 nitrogen and oxygen atoms in total. The maximum Gasteiger partial charge on any atom is 0.297 e. The largest absolute Gasteiger partial charge is 0.505 e. The van der Waals surface area contributed by atoms with Crippen molar-refractivity contribution >= 4 is 108 Å². The topological polar surface area (TPSA) is 337 Å². The van der Waals surface area contributed by atoms with Gasteiger partial charge in [0.1, 0.15) is 31.0 Å². The van der Waals surface area contributed by atoms with E-state index in [0.29, 0.717) is 18.3 Å². The molecule has 1 aromatic heterocycles. The van der Waals surface area contributed by atoms with Crippen molar-refractivity contribution in [2.24, 2.45) is 10.2 Å². The Hall–Kier alpha value is -5.48. The summed E-state index contributed by atoms with van der Waals surface area (Å²) in [5.41, 5.74) is -0.786. The van der Waals surface area contributed by atoms with Crippen LogP contribution in [-0.2, 0) is 47.0 Å². The Kier molecular flexibility index (Phi) is 10.9. The van der Waals surface area contributed by atoms with Gasteiger partial charge in [-0.05, 0) is 66.7 Å². The van der Waals surface area contributed by atoms with Crippen LogP contribution in [0.15, 0.2) is 103 Å². The summed E-state index contributed by atoms with van der Waals surface area (Å²) in [6, 6.07) is 14.5. The first-order valence-corrected chi connectivity index (χ1v) is 21.6. The van der Waals surface area contributed by atoms with Crippen LogP contribution in [0.1, 0.15) is 5.56 Å². The van der Waals surface area contributed by atoms with Gasteiger partial charge in [0, 0.05) is 33.8 Å². The average molecular weight is 881 g/mol. The van der Waals surface area contributed by atoms with Gasteiger partial charge in [0.2, 0.25) is 17.2 Å². The fraction of sp³-hybridized carbons (Fsp3) is 0.0645. The van der Waals surface area contributed by atoms with Crippen LogP contribution in [-0.4, -0.2) is 79.0 Å². The quantitative estimate of drug-likeness (QED) is 0.0582.